The van der Waals surface area contributed by atoms with Crippen molar-refractivity contribution in [1.82, 2.24) is 5.32 Å². The molecule has 1 aromatic rings. The number of nitrogens with one attached hydrogen (secondary N) is 1. The third-order valence-corrected chi connectivity index (χ3v) is 3.98. The van der Waals surface area contributed by atoms with Crippen molar-refractivity contribution in [2.45, 2.75) is 44.7 Å². The van der Waals surface area contributed by atoms with E-state index in [0.717, 1.165) is 0 Å². The normalized spacial score (nSPS) is 13.1. The zero-order valence-corrected chi connectivity index (χ0v) is 14.7. The van der Waals surface area contributed by atoms with Gasteiger partial charge in [-0.2, -0.15) is 0 Å². The smallest absolute Gasteiger partial charge is 0.260 e. The fourth-order valence-corrected chi connectivity index (χ4v) is 3.18. The van der Waals surface area contributed by atoms with Gasteiger partial charge in [0.15, 0.2) is 6.10 Å². The van der Waals surface area contributed by atoms with Gasteiger partial charge in [0.25, 0.3) is 5.91 Å². The van der Waals surface area contributed by atoms with Gasteiger partial charge in [0, 0.05) is 10.5 Å². The number of sulfonamides is 1. The Bertz CT molecular complexity index is 644. The summed E-state index contributed by atoms with van der Waals surface area (Å²) in [5.41, 5.74) is 0.567. The van der Waals surface area contributed by atoms with Crippen molar-refractivity contribution < 1.29 is 17.9 Å². The van der Waals surface area contributed by atoms with E-state index in [9.17, 15) is 13.2 Å². The Morgan fingerprint density at radius 2 is 1.90 bits per heavy atom. The fourth-order valence-electron chi connectivity index (χ4n) is 1.69. The summed E-state index contributed by atoms with van der Waals surface area (Å²) in [5.74, 6) is -0.236. The van der Waals surface area contributed by atoms with Crippen LogP contribution in [0.4, 0.5) is 0 Å². The molecule has 0 saturated heterocycles. The van der Waals surface area contributed by atoms with E-state index in [1.807, 2.05) is 13.8 Å². The highest BCUT2D eigenvalue weighted by Gasteiger charge is 2.23. The van der Waals surface area contributed by atoms with Gasteiger partial charge in [0.1, 0.15) is 10.6 Å². The standard InChI is InChI=1S/C13H19BrN2O4S/c1-7(2)16-13(17)9(4)20-12-8(3)5-10(14)6-11(12)21(15,18)19/h5-7,9H,1-4H3,(H,16,17)(H2,15,18,19). The number of nitrogens with two attached hydrogens (primary N) is 1. The van der Waals surface area contributed by atoms with Crippen LogP contribution in [0.3, 0.4) is 0 Å². The average molecular weight is 379 g/mol. The van der Waals surface area contributed by atoms with Crippen molar-refractivity contribution in [3.05, 3.63) is 22.2 Å². The second kappa shape index (κ2) is 6.76. The summed E-state index contributed by atoms with van der Waals surface area (Å²) in [4.78, 5) is 11.7. The minimum absolute atomic E-state index is 0.0349. The van der Waals surface area contributed by atoms with Crippen molar-refractivity contribution in [3.8, 4) is 5.75 Å². The molecule has 3 N–H and O–H groups in total. The van der Waals surface area contributed by atoms with Crippen LogP contribution >= 0.6 is 15.9 Å². The summed E-state index contributed by atoms with van der Waals surface area (Å²) in [6.07, 6.45) is -0.840. The van der Waals surface area contributed by atoms with Gasteiger partial charge in [0.05, 0.1) is 0 Å². The molecule has 0 aliphatic rings. The molecular formula is C13H19BrN2O4S. The molecule has 1 unspecified atom stereocenters. The van der Waals surface area contributed by atoms with Crippen LogP contribution in [0.5, 0.6) is 5.75 Å². The second-order valence-corrected chi connectivity index (χ2v) is 7.46. The molecule has 21 heavy (non-hydrogen) atoms. The molecule has 0 saturated carbocycles. The second-order valence-electron chi connectivity index (χ2n) is 5.02. The molecule has 0 fully saturated rings. The monoisotopic (exact) mass is 378 g/mol. The lowest BCUT2D eigenvalue weighted by Crippen LogP contribution is -2.40. The summed E-state index contributed by atoms with van der Waals surface area (Å²) < 4.78 is 29.4. The van der Waals surface area contributed by atoms with Crippen LogP contribution in [0.1, 0.15) is 26.3 Å². The van der Waals surface area contributed by atoms with Crippen LogP contribution < -0.4 is 15.2 Å². The maximum Gasteiger partial charge on any atom is 0.260 e. The third-order valence-electron chi connectivity index (χ3n) is 2.61. The molecule has 0 bridgehead atoms. The van der Waals surface area contributed by atoms with E-state index < -0.39 is 16.1 Å². The summed E-state index contributed by atoms with van der Waals surface area (Å²) in [7, 11) is -3.96. The number of halogens is 1. The Kier molecular flexibility index (Phi) is 5.77. The highest BCUT2D eigenvalue weighted by molar-refractivity contribution is 9.10. The van der Waals surface area contributed by atoms with Crippen molar-refractivity contribution in [2.75, 3.05) is 0 Å². The average Bonchev–Trinajstić information content (AvgIpc) is 2.29. The lowest BCUT2D eigenvalue weighted by atomic mass is 10.2. The maximum atomic E-state index is 11.9. The molecule has 0 aromatic heterocycles. The van der Waals surface area contributed by atoms with Crippen LogP contribution in [0.2, 0.25) is 0 Å². The third kappa shape index (κ3) is 4.98. The molecule has 1 rings (SSSR count). The first-order valence-electron chi connectivity index (χ1n) is 6.32. The summed E-state index contributed by atoms with van der Waals surface area (Å²) in [6.45, 7) is 6.88. The van der Waals surface area contributed by atoms with Crippen LogP contribution in [0.25, 0.3) is 0 Å². The van der Waals surface area contributed by atoms with Crippen molar-refractivity contribution in [1.29, 1.82) is 0 Å². The van der Waals surface area contributed by atoms with Crippen LogP contribution in [-0.4, -0.2) is 26.5 Å². The first kappa shape index (κ1) is 17.9. The number of hydrogen-bond donors (Lipinski definition) is 2. The van der Waals surface area contributed by atoms with Gasteiger partial charge in [-0.05, 0) is 45.4 Å². The summed E-state index contributed by atoms with van der Waals surface area (Å²) in [5, 5.41) is 7.90. The summed E-state index contributed by atoms with van der Waals surface area (Å²) in [6, 6.07) is 3.01. The Hall–Kier alpha value is -1.12. The van der Waals surface area contributed by atoms with Gasteiger partial charge in [-0.1, -0.05) is 15.9 Å². The quantitative estimate of drug-likeness (QED) is 0.814. The minimum atomic E-state index is -3.96. The Morgan fingerprint density at radius 1 is 1.33 bits per heavy atom. The van der Waals surface area contributed by atoms with Crippen molar-refractivity contribution in [3.63, 3.8) is 0 Å². The fraction of sp³-hybridized carbons (Fsp3) is 0.462. The van der Waals surface area contributed by atoms with E-state index in [-0.39, 0.29) is 22.6 Å². The number of aryl methyl sites for hydroxylation is 1. The minimum Gasteiger partial charge on any atom is -0.479 e. The Balaban J connectivity index is 3.17. The number of carbonyl (C=O) groups is 1. The molecule has 1 atom stereocenters. The molecule has 6 nitrogen and oxygen atoms in total. The van der Waals surface area contributed by atoms with Gasteiger partial charge in [0.2, 0.25) is 10.0 Å². The molecule has 0 spiro atoms. The van der Waals surface area contributed by atoms with Crippen molar-refractivity contribution >= 4 is 31.9 Å². The van der Waals surface area contributed by atoms with Gasteiger partial charge in [-0.15, -0.1) is 0 Å². The zero-order valence-electron chi connectivity index (χ0n) is 12.3. The van der Waals surface area contributed by atoms with Gasteiger partial charge >= 0.3 is 0 Å². The van der Waals surface area contributed by atoms with E-state index in [1.165, 1.54) is 6.07 Å². The number of ether oxygens (including phenoxy) is 1. The van der Waals surface area contributed by atoms with Crippen LogP contribution in [-0.2, 0) is 14.8 Å². The lowest BCUT2D eigenvalue weighted by molar-refractivity contribution is -0.127. The molecule has 0 heterocycles. The number of carbonyl (C=O) groups excluding carboxylic acids is 1. The Morgan fingerprint density at radius 3 is 2.38 bits per heavy atom. The van der Waals surface area contributed by atoms with Gasteiger partial charge < -0.3 is 10.1 Å². The molecule has 0 radical (unpaired) electrons. The SMILES string of the molecule is Cc1cc(Br)cc(S(N)(=O)=O)c1OC(C)C(=O)NC(C)C. The number of amides is 1. The molecular weight excluding hydrogens is 360 g/mol. The highest BCUT2D eigenvalue weighted by atomic mass is 79.9. The summed E-state index contributed by atoms with van der Waals surface area (Å²) >= 11 is 3.21. The lowest BCUT2D eigenvalue weighted by Gasteiger charge is -2.19. The zero-order chi connectivity index (χ0) is 16.4. The largest absolute Gasteiger partial charge is 0.479 e. The number of rotatable bonds is 5. The molecule has 8 heteroatoms. The first-order valence-corrected chi connectivity index (χ1v) is 8.66. The topological polar surface area (TPSA) is 98.5 Å². The van der Waals surface area contributed by atoms with E-state index in [1.54, 1.807) is 19.9 Å². The van der Waals surface area contributed by atoms with Crippen LogP contribution in [0, 0.1) is 6.92 Å². The number of primary sulfonamides is 1. The number of benzene rings is 1. The predicted molar refractivity (Wildman–Crippen MR) is 83.6 cm³/mol. The maximum absolute atomic E-state index is 11.9. The number of hydrogen-bond acceptors (Lipinski definition) is 4. The van der Waals surface area contributed by atoms with Crippen molar-refractivity contribution in [2.24, 2.45) is 5.14 Å². The van der Waals surface area contributed by atoms with E-state index in [2.05, 4.69) is 21.2 Å². The molecule has 0 aliphatic carbocycles. The molecule has 1 aromatic carbocycles. The van der Waals surface area contributed by atoms with E-state index >= 15 is 0 Å². The molecule has 0 aliphatic heterocycles. The van der Waals surface area contributed by atoms with E-state index in [0.29, 0.717) is 10.0 Å². The molecule has 1 amide bonds. The highest BCUT2D eigenvalue weighted by Crippen LogP contribution is 2.31. The molecule has 118 valence electrons. The van der Waals surface area contributed by atoms with Gasteiger partial charge in [-0.3, -0.25) is 4.79 Å². The van der Waals surface area contributed by atoms with E-state index in [4.69, 9.17) is 9.88 Å². The van der Waals surface area contributed by atoms with Gasteiger partial charge in [-0.25, -0.2) is 13.6 Å². The predicted octanol–water partition coefficient (Wildman–Crippen LogP) is 1.70. The first-order chi connectivity index (χ1) is 9.52. The Labute approximate surface area is 133 Å². The van der Waals surface area contributed by atoms with Crippen LogP contribution in [0.15, 0.2) is 21.5 Å².